The van der Waals surface area contributed by atoms with Gasteiger partial charge in [-0.1, -0.05) is 48.5 Å². The smallest absolute Gasteiger partial charge is 0.295 e. The Balaban J connectivity index is 1.34. The minimum absolute atomic E-state index is 0.126. The highest BCUT2D eigenvalue weighted by atomic mass is 79.9. The van der Waals surface area contributed by atoms with Gasteiger partial charge in [-0.2, -0.15) is 16.8 Å². The molecule has 0 aliphatic rings. The molecule has 6 aromatic carbocycles. The van der Waals surface area contributed by atoms with Crippen LogP contribution < -0.4 is 0 Å². The van der Waals surface area contributed by atoms with E-state index in [-0.39, 0.29) is 44.4 Å². The van der Waals surface area contributed by atoms with Crippen LogP contribution in [0.25, 0.3) is 32.7 Å². The minimum Gasteiger partial charge on any atom is -0.505 e. The molecule has 0 aliphatic heterocycles. The molecule has 0 radical (unpaired) electrons. The zero-order valence-electron chi connectivity index (χ0n) is 24.6. The number of benzene rings is 6. The fourth-order valence-corrected chi connectivity index (χ4v) is 9.19. The van der Waals surface area contributed by atoms with Gasteiger partial charge in [-0.05, 0) is 111 Å². The molecular weight excluding hydrogens is 952 g/mol. The van der Waals surface area contributed by atoms with Gasteiger partial charge in [-0.15, -0.1) is 20.5 Å². The van der Waals surface area contributed by atoms with Crippen LogP contribution in [-0.4, -0.2) is 36.2 Å². The van der Waals surface area contributed by atoms with Crippen LogP contribution in [0, 0.1) is 0 Å². The van der Waals surface area contributed by atoms with Gasteiger partial charge in [0.05, 0.1) is 0 Å². The lowest BCUT2D eigenvalue weighted by Crippen LogP contribution is -1.99. The predicted molar refractivity (Wildman–Crippen MR) is 202 cm³/mol. The van der Waals surface area contributed by atoms with Gasteiger partial charge in [-0.3, -0.25) is 9.11 Å². The molecule has 0 amide bonds. The highest BCUT2D eigenvalue weighted by Gasteiger charge is 2.21. The summed E-state index contributed by atoms with van der Waals surface area (Å²) in [5, 5.41) is 38.8. The average Bonchev–Trinajstić information content (AvgIpc) is 3.04. The van der Waals surface area contributed by atoms with E-state index in [4.69, 9.17) is 0 Å². The van der Waals surface area contributed by atoms with E-state index in [2.05, 4.69) is 84.2 Å². The van der Waals surface area contributed by atoms with Gasteiger partial charge >= 0.3 is 0 Å². The number of hydrogen-bond acceptors (Lipinski definition) is 10. The largest absolute Gasteiger partial charge is 0.505 e. The molecule has 0 unspecified atom stereocenters. The average molecular weight is 970 g/mol. The Kier molecular flexibility index (Phi) is 10.0. The summed E-state index contributed by atoms with van der Waals surface area (Å²) in [6, 6.07) is 21.3. The van der Waals surface area contributed by atoms with Crippen molar-refractivity contribution in [1.29, 1.82) is 0 Å². The van der Waals surface area contributed by atoms with Crippen LogP contribution in [-0.2, 0) is 20.2 Å². The molecule has 0 fully saturated rings. The lowest BCUT2D eigenvalue weighted by Gasteiger charge is -2.11. The van der Waals surface area contributed by atoms with E-state index < -0.39 is 30.0 Å². The molecule has 50 heavy (non-hydrogen) atoms. The van der Waals surface area contributed by atoms with E-state index in [1.165, 1.54) is 24.3 Å². The number of phenols is 2. The Morgan fingerprint density at radius 2 is 0.760 bits per heavy atom. The van der Waals surface area contributed by atoms with Crippen LogP contribution in [0.3, 0.4) is 0 Å². The van der Waals surface area contributed by atoms with E-state index in [1.807, 2.05) is 0 Å². The van der Waals surface area contributed by atoms with Crippen LogP contribution in [0.1, 0.15) is 0 Å². The van der Waals surface area contributed by atoms with Crippen molar-refractivity contribution in [3.8, 4) is 22.6 Å². The van der Waals surface area contributed by atoms with E-state index >= 15 is 0 Å². The SMILES string of the molecule is O=S(=O)(O)c1cc(N=Nc2c(Br)cc(-c3cc(Br)c(N=Nc4cc(S(=O)(=O)O)c5ccccc5c4O)c(Br)c3)cc2Br)c(O)c2ccccc12. The minimum atomic E-state index is -4.64. The Morgan fingerprint density at radius 1 is 0.460 bits per heavy atom. The Bertz CT molecular complexity index is 2460. The molecule has 0 saturated heterocycles. The zero-order valence-corrected chi connectivity index (χ0v) is 32.6. The zero-order chi connectivity index (χ0) is 36.1. The van der Waals surface area contributed by atoms with Crippen molar-refractivity contribution in [3.05, 3.63) is 103 Å². The molecule has 12 nitrogen and oxygen atoms in total. The maximum absolute atomic E-state index is 12.1. The third-order valence-corrected chi connectivity index (χ3v) is 11.6. The van der Waals surface area contributed by atoms with Crippen LogP contribution >= 0.6 is 63.7 Å². The summed E-state index contributed by atoms with van der Waals surface area (Å²) in [5.74, 6) is -0.635. The molecule has 0 saturated carbocycles. The second-order valence-corrected chi connectivity index (χ2v) is 16.7. The van der Waals surface area contributed by atoms with Gasteiger partial charge in [0.1, 0.15) is 32.5 Å². The van der Waals surface area contributed by atoms with Gasteiger partial charge in [-0.25, -0.2) is 0 Å². The van der Waals surface area contributed by atoms with Crippen LogP contribution in [0.5, 0.6) is 11.5 Å². The molecular formula is C32H18Br4N4O8S2. The van der Waals surface area contributed by atoms with Gasteiger partial charge in [0.15, 0.2) is 11.5 Å². The third kappa shape index (κ3) is 7.11. The second-order valence-electron chi connectivity index (χ2n) is 10.5. The van der Waals surface area contributed by atoms with Crippen molar-refractivity contribution in [2.24, 2.45) is 20.5 Å². The van der Waals surface area contributed by atoms with Gasteiger partial charge in [0.2, 0.25) is 0 Å². The standard InChI is InChI=1S/C32H18Br4N4O8S2/c33-21-9-15(10-22(34)29(21)39-37-25-13-27(49(43,44)45)17-5-1-3-7-19(17)31(25)41)16-11-23(35)30(24(36)12-16)40-38-26-14-28(50(46,47)48)18-6-2-4-8-20(18)32(26)42/h1-14,41-42H,(H,43,44,45)(H,46,47,48). The monoisotopic (exact) mass is 966 g/mol. The first-order chi connectivity index (χ1) is 23.5. The second kappa shape index (κ2) is 13.8. The van der Waals surface area contributed by atoms with Crippen LogP contribution in [0.15, 0.2) is 133 Å². The predicted octanol–water partition coefficient (Wildman–Crippen LogP) is 11.4. The number of nitrogens with zero attached hydrogens (tertiary/aromatic N) is 4. The summed E-state index contributed by atoms with van der Waals surface area (Å²) in [6.45, 7) is 0. The van der Waals surface area contributed by atoms with Crippen molar-refractivity contribution < 1.29 is 36.2 Å². The van der Waals surface area contributed by atoms with Crippen molar-refractivity contribution in [2.45, 2.75) is 9.79 Å². The number of azo groups is 2. The van der Waals surface area contributed by atoms with Gasteiger partial charge < -0.3 is 10.2 Å². The topological polar surface area (TPSA) is 199 Å². The summed E-state index contributed by atoms with van der Waals surface area (Å²) >= 11 is 14.0. The first-order valence-corrected chi connectivity index (χ1v) is 19.9. The summed E-state index contributed by atoms with van der Waals surface area (Å²) < 4.78 is 69.8. The van der Waals surface area contributed by atoms with Crippen molar-refractivity contribution in [3.63, 3.8) is 0 Å². The lowest BCUT2D eigenvalue weighted by molar-refractivity contribution is 0.477. The fraction of sp³-hybridized carbons (Fsp3) is 0. The van der Waals surface area contributed by atoms with Crippen LogP contribution in [0.2, 0.25) is 0 Å². The van der Waals surface area contributed by atoms with Gasteiger partial charge in [0, 0.05) is 39.4 Å². The van der Waals surface area contributed by atoms with Crippen molar-refractivity contribution >= 4 is 128 Å². The number of halogens is 4. The Morgan fingerprint density at radius 3 is 1.06 bits per heavy atom. The van der Waals surface area contributed by atoms with Gasteiger partial charge in [0.25, 0.3) is 20.2 Å². The molecule has 0 bridgehead atoms. The first-order valence-electron chi connectivity index (χ1n) is 13.8. The summed E-state index contributed by atoms with van der Waals surface area (Å²) in [6.07, 6.45) is 0. The lowest BCUT2D eigenvalue weighted by atomic mass is 10.1. The Hall–Kier alpha value is -3.62. The first kappa shape index (κ1) is 36.2. The molecule has 254 valence electrons. The molecule has 0 heterocycles. The number of fused-ring (bicyclic) bond motifs is 2. The number of phenolic OH excluding ortho intramolecular Hbond substituents is 2. The highest BCUT2D eigenvalue weighted by molar-refractivity contribution is 9.11. The summed E-state index contributed by atoms with van der Waals surface area (Å²) in [5.41, 5.74) is 1.70. The third-order valence-electron chi connectivity index (χ3n) is 7.35. The molecule has 0 spiro atoms. The fourth-order valence-electron chi connectivity index (χ4n) is 5.07. The molecule has 4 N–H and O–H groups in total. The highest BCUT2D eigenvalue weighted by Crippen LogP contribution is 2.46. The van der Waals surface area contributed by atoms with Crippen molar-refractivity contribution in [1.82, 2.24) is 0 Å². The molecule has 0 aromatic heterocycles. The van der Waals surface area contributed by atoms with Crippen molar-refractivity contribution in [2.75, 3.05) is 0 Å². The van der Waals surface area contributed by atoms with E-state index in [0.29, 0.717) is 40.4 Å². The molecule has 6 rings (SSSR count). The molecule has 0 atom stereocenters. The maximum atomic E-state index is 12.1. The van der Waals surface area contributed by atoms with E-state index in [0.717, 1.165) is 12.1 Å². The molecule has 0 aliphatic carbocycles. The molecule has 18 heteroatoms. The normalized spacial score (nSPS) is 12.5. The maximum Gasteiger partial charge on any atom is 0.295 e. The molecule has 6 aromatic rings. The quantitative estimate of drug-likeness (QED) is 0.0894. The number of rotatable bonds is 7. The van der Waals surface area contributed by atoms with E-state index in [1.54, 1.807) is 48.5 Å². The van der Waals surface area contributed by atoms with Crippen LogP contribution in [0.4, 0.5) is 22.7 Å². The summed E-state index contributed by atoms with van der Waals surface area (Å²) in [4.78, 5) is -0.853. The van der Waals surface area contributed by atoms with E-state index in [9.17, 15) is 36.2 Å². The Labute approximate surface area is 317 Å². The number of aromatic hydroxyl groups is 2. The number of hydrogen-bond donors (Lipinski definition) is 4. The summed E-state index contributed by atoms with van der Waals surface area (Å²) in [7, 11) is -9.29.